The van der Waals surface area contributed by atoms with Crippen molar-refractivity contribution in [2.75, 3.05) is 14.1 Å². The standard InChI is InChI=1S/C9H14ClN3O3S/c1-7-11-8(17(10,15)16)6-13(7)5-4-9(14)12(2)3/h6H,4-5H2,1-3H3. The van der Waals surface area contributed by atoms with Crippen LogP contribution < -0.4 is 0 Å². The molecule has 0 bridgehead atoms. The van der Waals surface area contributed by atoms with Crippen LogP contribution in [0.1, 0.15) is 12.2 Å². The van der Waals surface area contributed by atoms with Gasteiger partial charge in [0, 0.05) is 43.9 Å². The number of nitrogens with zero attached hydrogens (tertiary/aromatic N) is 3. The number of rotatable bonds is 4. The van der Waals surface area contributed by atoms with Gasteiger partial charge >= 0.3 is 0 Å². The Hall–Kier alpha value is -1.08. The Balaban J connectivity index is 2.80. The highest BCUT2D eigenvalue weighted by Crippen LogP contribution is 2.14. The third kappa shape index (κ3) is 3.71. The number of aromatic nitrogens is 2. The van der Waals surface area contributed by atoms with Crippen molar-refractivity contribution in [2.45, 2.75) is 24.9 Å². The van der Waals surface area contributed by atoms with Crippen molar-refractivity contribution in [3.05, 3.63) is 12.0 Å². The average Bonchev–Trinajstić information content (AvgIpc) is 2.55. The lowest BCUT2D eigenvalue weighted by atomic mass is 10.4. The molecular weight excluding hydrogens is 266 g/mol. The van der Waals surface area contributed by atoms with E-state index in [0.29, 0.717) is 12.4 Å². The molecule has 0 N–H and O–H groups in total. The minimum atomic E-state index is -3.81. The Kier molecular flexibility index (Phi) is 4.16. The van der Waals surface area contributed by atoms with E-state index >= 15 is 0 Å². The first kappa shape index (κ1) is 14.0. The molecule has 0 aliphatic carbocycles. The minimum Gasteiger partial charge on any atom is -0.349 e. The van der Waals surface area contributed by atoms with Gasteiger partial charge in [0.25, 0.3) is 9.05 Å². The quantitative estimate of drug-likeness (QED) is 0.757. The summed E-state index contributed by atoms with van der Waals surface area (Å²) in [4.78, 5) is 16.7. The summed E-state index contributed by atoms with van der Waals surface area (Å²) in [7, 11) is 4.69. The highest BCUT2D eigenvalue weighted by Gasteiger charge is 2.16. The number of aryl methyl sites for hydroxylation is 2. The summed E-state index contributed by atoms with van der Waals surface area (Å²) in [5.41, 5.74) is 0. The van der Waals surface area contributed by atoms with Crippen molar-refractivity contribution in [3.63, 3.8) is 0 Å². The van der Waals surface area contributed by atoms with Crippen LogP contribution in [0.2, 0.25) is 0 Å². The lowest BCUT2D eigenvalue weighted by Crippen LogP contribution is -2.22. The van der Waals surface area contributed by atoms with Gasteiger partial charge in [-0.15, -0.1) is 0 Å². The monoisotopic (exact) mass is 279 g/mol. The van der Waals surface area contributed by atoms with Crippen molar-refractivity contribution >= 4 is 25.6 Å². The molecule has 1 heterocycles. The number of halogens is 1. The molecule has 0 aliphatic heterocycles. The maximum Gasteiger partial charge on any atom is 0.280 e. The molecule has 1 rings (SSSR count). The molecule has 0 saturated heterocycles. The van der Waals surface area contributed by atoms with Gasteiger partial charge in [-0.05, 0) is 6.92 Å². The van der Waals surface area contributed by atoms with Crippen molar-refractivity contribution < 1.29 is 13.2 Å². The van der Waals surface area contributed by atoms with Crippen LogP contribution in [0.5, 0.6) is 0 Å². The van der Waals surface area contributed by atoms with E-state index in [2.05, 4.69) is 4.98 Å². The molecule has 8 heteroatoms. The zero-order valence-electron chi connectivity index (χ0n) is 9.84. The third-order valence-corrected chi connectivity index (χ3v) is 3.44. The molecular formula is C9H14ClN3O3S. The van der Waals surface area contributed by atoms with E-state index in [4.69, 9.17) is 10.7 Å². The Morgan fingerprint density at radius 1 is 1.53 bits per heavy atom. The fourth-order valence-corrected chi connectivity index (χ4v) is 1.98. The fourth-order valence-electron chi connectivity index (χ4n) is 1.26. The molecule has 0 radical (unpaired) electrons. The molecule has 0 spiro atoms. The SMILES string of the molecule is Cc1nc(S(=O)(=O)Cl)cn1CCC(=O)N(C)C. The zero-order chi connectivity index (χ0) is 13.2. The highest BCUT2D eigenvalue weighted by molar-refractivity contribution is 8.13. The molecule has 6 nitrogen and oxygen atoms in total. The number of imidazole rings is 1. The largest absolute Gasteiger partial charge is 0.349 e. The lowest BCUT2D eigenvalue weighted by Gasteiger charge is -2.10. The Morgan fingerprint density at radius 2 is 2.12 bits per heavy atom. The first-order valence-corrected chi connectivity index (χ1v) is 7.21. The van der Waals surface area contributed by atoms with Gasteiger partial charge in [0.2, 0.25) is 5.91 Å². The van der Waals surface area contributed by atoms with Gasteiger partial charge < -0.3 is 9.47 Å². The predicted octanol–water partition coefficient (Wildman–Crippen LogP) is 0.597. The topological polar surface area (TPSA) is 72.3 Å². The van der Waals surface area contributed by atoms with Crippen LogP contribution in [0.25, 0.3) is 0 Å². The van der Waals surface area contributed by atoms with E-state index in [0.717, 1.165) is 0 Å². The normalized spacial score (nSPS) is 11.5. The second-order valence-electron chi connectivity index (χ2n) is 3.80. The molecule has 17 heavy (non-hydrogen) atoms. The Morgan fingerprint density at radius 3 is 2.53 bits per heavy atom. The summed E-state index contributed by atoms with van der Waals surface area (Å²) < 4.78 is 23.7. The molecule has 0 saturated carbocycles. The van der Waals surface area contributed by atoms with Gasteiger partial charge in [-0.3, -0.25) is 4.79 Å². The van der Waals surface area contributed by atoms with E-state index in [9.17, 15) is 13.2 Å². The van der Waals surface area contributed by atoms with Crippen molar-refractivity contribution in [1.82, 2.24) is 14.5 Å². The summed E-state index contributed by atoms with van der Waals surface area (Å²) in [6, 6.07) is 0. The Bertz CT molecular complexity index is 522. The maximum absolute atomic E-state index is 11.4. The number of carbonyl (C=O) groups excluding carboxylic acids is 1. The van der Waals surface area contributed by atoms with Crippen molar-refractivity contribution in [3.8, 4) is 0 Å². The van der Waals surface area contributed by atoms with Crippen LogP contribution in [-0.2, 0) is 20.4 Å². The highest BCUT2D eigenvalue weighted by atomic mass is 35.7. The van der Waals surface area contributed by atoms with E-state index in [1.807, 2.05) is 0 Å². The van der Waals surface area contributed by atoms with Crippen LogP contribution in [0.3, 0.4) is 0 Å². The van der Waals surface area contributed by atoms with Gasteiger partial charge in [-0.25, -0.2) is 13.4 Å². The van der Waals surface area contributed by atoms with Crippen LogP contribution in [0, 0.1) is 6.92 Å². The lowest BCUT2D eigenvalue weighted by molar-refractivity contribution is -0.128. The number of amides is 1. The average molecular weight is 280 g/mol. The Labute approximate surface area is 105 Å². The summed E-state index contributed by atoms with van der Waals surface area (Å²) >= 11 is 0. The summed E-state index contributed by atoms with van der Waals surface area (Å²) in [6.45, 7) is 2.04. The number of carbonyl (C=O) groups is 1. The van der Waals surface area contributed by atoms with Gasteiger partial charge in [0.15, 0.2) is 5.03 Å². The smallest absolute Gasteiger partial charge is 0.280 e. The zero-order valence-corrected chi connectivity index (χ0v) is 11.4. The molecule has 1 aromatic rings. The van der Waals surface area contributed by atoms with E-state index in [-0.39, 0.29) is 17.4 Å². The van der Waals surface area contributed by atoms with Crippen molar-refractivity contribution in [2.24, 2.45) is 0 Å². The molecule has 0 fully saturated rings. The van der Waals surface area contributed by atoms with Gasteiger partial charge in [0.05, 0.1) is 0 Å². The van der Waals surface area contributed by atoms with Gasteiger partial charge in [-0.2, -0.15) is 0 Å². The minimum absolute atomic E-state index is 0.0339. The van der Waals surface area contributed by atoms with Crippen LogP contribution in [0.15, 0.2) is 11.2 Å². The third-order valence-electron chi connectivity index (χ3n) is 2.27. The maximum atomic E-state index is 11.4. The van der Waals surface area contributed by atoms with E-state index in [1.165, 1.54) is 11.1 Å². The van der Waals surface area contributed by atoms with E-state index < -0.39 is 9.05 Å². The molecule has 0 atom stereocenters. The predicted molar refractivity (Wildman–Crippen MR) is 63.3 cm³/mol. The summed E-state index contributed by atoms with van der Waals surface area (Å²) in [5, 5.41) is -0.186. The van der Waals surface area contributed by atoms with Gasteiger partial charge in [0.1, 0.15) is 5.82 Å². The number of hydrogen-bond acceptors (Lipinski definition) is 4. The fraction of sp³-hybridized carbons (Fsp3) is 0.556. The summed E-state index contributed by atoms with van der Waals surface area (Å²) in [5.74, 6) is 0.476. The summed E-state index contributed by atoms with van der Waals surface area (Å²) in [6.07, 6.45) is 1.62. The molecule has 0 unspecified atom stereocenters. The molecule has 0 aromatic carbocycles. The van der Waals surface area contributed by atoms with Crippen LogP contribution in [-0.4, -0.2) is 42.9 Å². The van der Waals surface area contributed by atoms with E-state index in [1.54, 1.807) is 25.6 Å². The molecule has 0 aliphatic rings. The first-order valence-electron chi connectivity index (χ1n) is 4.90. The van der Waals surface area contributed by atoms with Gasteiger partial charge in [-0.1, -0.05) is 0 Å². The first-order chi connectivity index (χ1) is 7.71. The second-order valence-corrected chi connectivity index (χ2v) is 6.31. The molecule has 1 aromatic heterocycles. The molecule has 96 valence electrons. The number of hydrogen-bond donors (Lipinski definition) is 0. The van der Waals surface area contributed by atoms with Crippen LogP contribution in [0.4, 0.5) is 0 Å². The molecule has 1 amide bonds. The van der Waals surface area contributed by atoms with Crippen molar-refractivity contribution in [1.29, 1.82) is 0 Å². The second kappa shape index (κ2) is 5.05. The van der Waals surface area contributed by atoms with Crippen LogP contribution >= 0.6 is 10.7 Å².